The van der Waals surface area contributed by atoms with E-state index in [2.05, 4.69) is 29.2 Å². The minimum absolute atomic E-state index is 0.0469. The third-order valence-electron chi connectivity index (χ3n) is 4.17. The zero-order chi connectivity index (χ0) is 16.0. The Balaban J connectivity index is 2.83. The highest BCUT2D eigenvalue weighted by Crippen LogP contribution is 2.38. The van der Waals surface area contributed by atoms with Crippen molar-refractivity contribution >= 4 is 11.7 Å². The molecule has 1 atom stereocenters. The van der Waals surface area contributed by atoms with Gasteiger partial charge >= 0.3 is 0 Å². The van der Waals surface area contributed by atoms with Gasteiger partial charge in [-0.3, -0.25) is 4.79 Å². The number of hydrogen-bond acceptors (Lipinski definition) is 4. The summed E-state index contributed by atoms with van der Waals surface area (Å²) in [6, 6.07) is 0.0801. The summed E-state index contributed by atoms with van der Waals surface area (Å²) in [6.07, 6.45) is 4.10. The molecule has 0 bridgehead atoms. The first kappa shape index (κ1) is 17.8. The summed E-state index contributed by atoms with van der Waals surface area (Å²) in [5.41, 5.74) is 5.00. The summed E-state index contributed by atoms with van der Waals surface area (Å²) >= 11 is 0. The average molecular weight is 298 g/mol. The maximum absolute atomic E-state index is 12.7. The summed E-state index contributed by atoms with van der Waals surface area (Å²) in [5, 5.41) is 15.3. The van der Waals surface area contributed by atoms with E-state index >= 15 is 0 Å². The quantitative estimate of drug-likeness (QED) is 0.287. The molecule has 0 spiro atoms. The largest absolute Gasteiger partial charge is 0.409 e. The van der Waals surface area contributed by atoms with Crippen molar-refractivity contribution in [2.45, 2.75) is 52.0 Å². The molecule has 0 radical (unpaired) electrons. The fourth-order valence-corrected chi connectivity index (χ4v) is 3.19. The van der Waals surface area contributed by atoms with Gasteiger partial charge in [0.2, 0.25) is 5.91 Å². The lowest BCUT2D eigenvalue weighted by Gasteiger charge is -2.31. The SMILES string of the molecule is CC(C)CC(CN(C)C)NC(=O)C1(C(N)=NO)CCCC1. The van der Waals surface area contributed by atoms with Crippen LogP contribution < -0.4 is 11.1 Å². The van der Waals surface area contributed by atoms with Crippen molar-refractivity contribution < 1.29 is 10.0 Å². The minimum atomic E-state index is -0.823. The van der Waals surface area contributed by atoms with E-state index in [1.165, 1.54) is 0 Å². The van der Waals surface area contributed by atoms with E-state index in [-0.39, 0.29) is 17.8 Å². The first-order chi connectivity index (χ1) is 9.81. The molecule has 1 aliphatic rings. The number of amidine groups is 1. The summed E-state index contributed by atoms with van der Waals surface area (Å²) < 4.78 is 0. The van der Waals surface area contributed by atoms with Gasteiger partial charge in [0.15, 0.2) is 5.84 Å². The molecule has 122 valence electrons. The van der Waals surface area contributed by atoms with E-state index in [1.54, 1.807) is 0 Å². The van der Waals surface area contributed by atoms with Gasteiger partial charge in [-0.05, 0) is 39.3 Å². The summed E-state index contributed by atoms with van der Waals surface area (Å²) in [6.45, 7) is 5.07. The van der Waals surface area contributed by atoms with Gasteiger partial charge in [0.05, 0.1) is 0 Å². The molecule has 0 aromatic carbocycles. The maximum atomic E-state index is 12.7. The van der Waals surface area contributed by atoms with Crippen LogP contribution in [0.3, 0.4) is 0 Å². The van der Waals surface area contributed by atoms with Crippen LogP contribution in [0.1, 0.15) is 46.0 Å². The van der Waals surface area contributed by atoms with Crippen LogP contribution in [0.5, 0.6) is 0 Å². The lowest BCUT2D eigenvalue weighted by atomic mass is 9.83. The van der Waals surface area contributed by atoms with Crippen molar-refractivity contribution in [1.82, 2.24) is 10.2 Å². The predicted octanol–water partition coefficient (Wildman–Crippen LogP) is 1.39. The zero-order valence-corrected chi connectivity index (χ0v) is 13.7. The Bertz CT molecular complexity index is 364. The second-order valence-electron chi connectivity index (χ2n) is 6.84. The third-order valence-corrected chi connectivity index (χ3v) is 4.17. The van der Waals surface area contributed by atoms with Crippen molar-refractivity contribution in [2.75, 3.05) is 20.6 Å². The topological polar surface area (TPSA) is 91.0 Å². The van der Waals surface area contributed by atoms with Crippen LogP contribution >= 0.6 is 0 Å². The molecule has 0 saturated heterocycles. The Morgan fingerprint density at radius 2 is 1.95 bits per heavy atom. The van der Waals surface area contributed by atoms with Crippen molar-refractivity contribution in [3.8, 4) is 0 Å². The molecule has 1 fully saturated rings. The van der Waals surface area contributed by atoms with Gasteiger partial charge in [-0.1, -0.05) is 31.8 Å². The number of carbonyl (C=O) groups excluding carboxylic acids is 1. The molecule has 0 aromatic heterocycles. The third kappa shape index (κ3) is 4.59. The van der Waals surface area contributed by atoms with Crippen LogP contribution in [0.15, 0.2) is 5.16 Å². The number of hydrogen-bond donors (Lipinski definition) is 3. The van der Waals surface area contributed by atoms with Crippen molar-refractivity contribution in [3.05, 3.63) is 0 Å². The highest BCUT2D eigenvalue weighted by molar-refractivity contribution is 6.07. The van der Waals surface area contributed by atoms with Crippen LogP contribution in [-0.2, 0) is 4.79 Å². The van der Waals surface area contributed by atoms with Crippen molar-refractivity contribution in [1.29, 1.82) is 0 Å². The van der Waals surface area contributed by atoms with Crippen LogP contribution in [0.25, 0.3) is 0 Å². The number of amides is 1. The summed E-state index contributed by atoms with van der Waals surface area (Å²) in [7, 11) is 3.99. The molecule has 21 heavy (non-hydrogen) atoms. The Kier molecular flexibility index (Phi) is 6.45. The van der Waals surface area contributed by atoms with Gasteiger partial charge in [0.1, 0.15) is 5.41 Å². The van der Waals surface area contributed by atoms with Gasteiger partial charge in [0.25, 0.3) is 0 Å². The van der Waals surface area contributed by atoms with Crippen LogP contribution in [0, 0.1) is 11.3 Å². The Morgan fingerprint density at radius 1 is 1.38 bits per heavy atom. The Hall–Kier alpha value is -1.30. The number of nitrogens with two attached hydrogens (primary N) is 1. The van der Waals surface area contributed by atoms with Crippen LogP contribution in [0.4, 0.5) is 0 Å². The Morgan fingerprint density at radius 3 is 2.38 bits per heavy atom. The molecule has 0 aromatic rings. The number of oxime groups is 1. The summed E-state index contributed by atoms with van der Waals surface area (Å²) in [5.74, 6) is 0.451. The van der Waals surface area contributed by atoms with Crippen LogP contribution in [0.2, 0.25) is 0 Å². The van der Waals surface area contributed by atoms with Gasteiger partial charge in [0, 0.05) is 12.6 Å². The molecule has 1 amide bonds. The standard InChI is InChI=1S/C15H30N4O2/c1-11(2)9-12(10-19(3)4)17-14(20)15(13(16)18-21)7-5-6-8-15/h11-12,21H,5-10H2,1-4H3,(H2,16,18)(H,17,20). The number of carbonyl (C=O) groups is 1. The van der Waals surface area contributed by atoms with E-state index in [0.29, 0.717) is 18.8 Å². The molecule has 1 saturated carbocycles. The number of nitrogens with zero attached hydrogens (tertiary/aromatic N) is 2. The minimum Gasteiger partial charge on any atom is -0.409 e. The van der Waals surface area contributed by atoms with Crippen molar-refractivity contribution in [2.24, 2.45) is 22.2 Å². The Labute approximate surface area is 127 Å². The second kappa shape index (κ2) is 7.64. The molecule has 1 unspecified atom stereocenters. The summed E-state index contributed by atoms with van der Waals surface area (Å²) in [4.78, 5) is 14.8. The molecule has 0 aliphatic heterocycles. The molecule has 0 heterocycles. The lowest BCUT2D eigenvalue weighted by molar-refractivity contribution is -0.128. The zero-order valence-electron chi connectivity index (χ0n) is 13.7. The number of rotatable bonds is 7. The fourth-order valence-electron chi connectivity index (χ4n) is 3.19. The first-order valence-electron chi connectivity index (χ1n) is 7.75. The second-order valence-corrected chi connectivity index (χ2v) is 6.84. The number of nitrogens with one attached hydrogen (secondary N) is 1. The molecular weight excluding hydrogens is 268 g/mol. The van der Waals surface area contributed by atoms with Gasteiger partial charge in [-0.15, -0.1) is 0 Å². The van der Waals surface area contributed by atoms with Gasteiger partial charge < -0.3 is 21.2 Å². The average Bonchev–Trinajstić information content (AvgIpc) is 2.86. The maximum Gasteiger partial charge on any atom is 0.234 e. The van der Waals surface area contributed by atoms with Crippen molar-refractivity contribution in [3.63, 3.8) is 0 Å². The van der Waals surface area contributed by atoms with Crippen LogP contribution in [-0.4, -0.2) is 48.5 Å². The smallest absolute Gasteiger partial charge is 0.234 e. The molecule has 6 nitrogen and oxygen atoms in total. The molecular formula is C15H30N4O2. The predicted molar refractivity (Wildman–Crippen MR) is 84.2 cm³/mol. The highest BCUT2D eigenvalue weighted by Gasteiger charge is 2.45. The highest BCUT2D eigenvalue weighted by atomic mass is 16.4. The van der Waals surface area contributed by atoms with Gasteiger partial charge in [-0.25, -0.2) is 0 Å². The van der Waals surface area contributed by atoms with E-state index in [4.69, 9.17) is 10.9 Å². The molecule has 1 rings (SSSR count). The lowest BCUT2D eigenvalue weighted by Crippen LogP contribution is -2.53. The van der Waals surface area contributed by atoms with Gasteiger partial charge in [-0.2, -0.15) is 0 Å². The first-order valence-corrected chi connectivity index (χ1v) is 7.75. The van der Waals surface area contributed by atoms with E-state index in [9.17, 15) is 4.79 Å². The molecule has 6 heteroatoms. The molecule has 1 aliphatic carbocycles. The van der Waals surface area contributed by atoms with E-state index in [0.717, 1.165) is 25.8 Å². The molecule has 4 N–H and O–H groups in total. The van der Waals surface area contributed by atoms with E-state index < -0.39 is 5.41 Å². The van der Waals surface area contributed by atoms with E-state index in [1.807, 2.05) is 14.1 Å². The fraction of sp³-hybridized carbons (Fsp3) is 0.867. The normalized spacial score (nSPS) is 20.0. The number of likely N-dealkylation sites (N-methyl/N-ethyl adjacent to an activating group) is 1. The monoisotopic (exact) mass is 298 g/mol.